The van der Waals surface area contributed by atoms with Crippen molar-refractivity contribution in [3.8, 4) is 0 Å². The number of allylic oxidation sites excluding steroid dienone is 1. The molecule has 0 heterocycles. The molecule has 0 spiro atoms. The SMILES string of the molecule is COC(=O)/C=C(\C)c1ccc(Br)cc1. The third kappa shape index (κ3) is 3.00. The van der Waals surface area contributed by atoms with Crippen molar-refractivity contribution < 1.29 is 9.53 Å². The average molecular weight is 255 g/mol. The Morgan fingerprint density at radius 3 is 2.43 bits per heavy atom. The summed E-state index contributed by atoms with van der Waals surface area (Å²) in [5.74, 6) is -0.328. The molecule has 1 aromatic carbocycles. The molecule has 0 fully saturated rings. The number of ether oxygens (including phenoxy) is 1. The van der Waals surface area contributed by atoms with Crippen LogP contribution in [0.25, 0.3) is 5.57 Å². The van der Waals surface area contributed by atoms with Gasteiger partial charge in [-0.15, -0.1) is 0 Å². The van der Waals surface area contributed by atoms with Crippen LogP contribution in [0.3, 0.4) is 0 Å². The third-order valence-corrected chi connectivity index (χ3v) is 2.36. The topological polar surface area (TPSA) is 26.3 Å². The lowest BCUT2D eigenvalue weighted by molar-refractivity contribution is -0.134. The fourth-order valence-electron chi connectivity index (χ4n) is 1.03. The molecule has 0 saturated carbocycles. The zero-order chi connectivity index (χ0) is 10.6. The minimum absolute atomic E-state index is 0.328. The summed E-state index contributed by atoms with van der Waals surface area (Å²) in [6.45, 7) is 1.88. The van der Waals surface area contributed by atoms with Gasteiger partial charge in [0.05, 0.1) is 7.11 Å². The lowest BCUT2D eigenvalue weighted by atomic mass is 10.1. The van der Waals surface area contributed by atoms with Crippen molar-refractivity contribution in [2.75, 3.05) is 7.11 Å². The molecule has 0 aliphatic heterocycles. The van der Waals surface area contributed by atoms with Crippen LogP contribution >= 0.6 is 15.9 Å². The van der Waals surface area contributed by atoms with Crippen molar-refractivity contribution in [2.24, 2.45) is 0 Å². The summed E-state index contributed by atoms with van der Waals surface area (Å²) in [6.07, 6.45) is 1.48. The minimum Gasteiger partial charge on any atom is -0.466 e. The van der Waals surface area contributed by atoms with E-state index < -0.39 is 0 Å². The Balaban J connectivity index is 2.89. The second-order valence-corrected chi connectivity index (χ2v) is 3.77. The lowest BCUT2D eigenvalue weighted by Crippen LogP contribution is -1.95. The molecule has 0 radical (unpaired) electrons. The number of halogens is 1. The van der Waals surface area contributed by atoms with Gasteiger partial charge < -0.3 is 4.74 Å². The molecule has 3 heteroatoms. The van der Waals surface area contributed by atoms with Crippen LogP contribution in [0.2, 0.25) is 0 Å². The zero-order valence-electron chi connectivity index (χ0n) is 8.08. The van der Waals surface area contributed by atoms with Crippen LogP contribution in [-0.4, -0.2) is 13.1 Å². The second-order valence-electron chi connectivity index (χ2n) is 2.86. The monoisotopic (exact) mass is 254 g/mol. The highest BCUT2D eigenvalue weighted by Crippen LogP contribution is 2.17. The first kappa shape index (κ1) is 11.0. The van der Waals surface area contributed by atoms with E-state index in [0.717, 1.165) is 15.6 Å². The smallest absolute Gasteiger partial charge is 0.330 e. The molecule has 0 amide bonds. The van der Waals surface area contributed by atoms with E-state index in [9.17, 15) is 4.79 Å². The number of carbonyl (C=O) groups excluding carboxylic acids is 1. The summed E-state index contributed by atoms with van der Waals surface area (Å²) in [6, 6.07) is 7.76. The summed E-state index contributed by atoms with van der Waals surface area (Å²) >= 11 is 3.35. The van der Waals surface area contributed by atoms with Crippen LogP contribution < -0.4 is 0 Å². The molecule has 2 nitrogen and oxygen atoms in total. The number of benzene rings is 1. The van der Waals surface area contributed by atoms with Crippen LogP contribution in [0.1, 0.15) is 12.5 Å². The lowest BCUT2D eigenvalue weighted by Gasteiger charge is -2.00. The Hall–Kier alpha value is -1.09. The molecule has 1 rings (SSSR count). The normalized spacial score (nSPS) is 11.2. The highest BCUT2D eigenvalue weighted by molar-refractivity contribution is 9.10. The Morgan fingerprint density at radius 2 is 1.93 bits per heavy atom. The molecule has 0 aliphatic carbocycles. The molecule has 1 aromatic rings. The Labute approximate surface area is 91.7 Å². The van der Waals surface area contributed by atoms with Crippen molar-refractivity contribution in [3.63, 3.8) is 0 Å². The van der Waals surface area contributed by atoms with Gasteiger partial charge in [0.25, 0.3) is 0 Å². The number of methoxy groups -OCH3 is 1. The van der Waals surface area contributed by atoms with E-state index in [4.69, 9.17) is 0 Å². The van der Waals surface area contributed by atoms with Gasteiger partial charge in [-0.2, -0.15) is 0 Å². The first-order chi connectivity index (χ1) is 6.63. The van der Waals surface area contributed by atoms with Gasteiger partial charge in [-0.1, -0.05) is 28.1 Å². The largest absolute Gasteiger partial charge is 0.466 e. The zero-order valence-corrected chi connectivity index (χ0v) is 9.67. The van der Waals surface area contributed by atoms with Crippen molar-refractivity contribution in [2.45, 2.75) is 6.92 Å². The van der Waals surface area contributed by atoms with Gasteiger partial charge in [-0.25, -0.2) is 4.79 Å². The van der Waals surface area contributed by atoms with Crippen molar-refractivity contribution in [3.05, 3.63) is 40.4 Å². The van der Waals surface area contributed by atoms with Crippen LogP contribution in [0, 0.1) is 0 Å². The van der Waals surface area contributed by atoms with E-state index in [2.05, 4.69) is 20.7 Å². The Morgan fingerprint density at radius 1 is 1.36 bits per heavy atom. The van der Waals surface area contributed by atoms with Gasteiger partial charge >= 0.3 is 5.97 Å². The highest BCUT2D eigenvalue weighted by atomic mass is 79.9. The first-order valence-corrected chi connectivity index (χ1v) is 4.95. The molecular formula is C11H11BrO2. The summed E-state index contributed by atoms with van der Waals surface area (Å²) in [5, 5.41) is 0. The number of hydrogen-bond acceptors (Lipinski definition) is 2. The van der Waals surface area contributed by atoms with E-state index in [0.29, 0.717) is 0 Å². The first-order valence-electron chi connectivity index (χ1n) is 4.15. The van der Waals surface area contributed by atoms with Crippen LogP contribution in [0.15, 0.2) is 34.8 Å². The predicted octanol–water partition coefficient (Wildman–Crippen LogP) is 3.03. The van der Waals surface area contributed by atoms with Crippen LogP contribution in [-0.2, 0) is 9.53 Å². The van der Waals surface area contributed by atoms with E-state index >= 15 is 0 Å². The van der Waals surface area contributed by atoms with Gasteiger partial charge in [-0.3, -0.25) is 0 Å². The predicted molar refractivity (Wildman–Crippen MR) is 59.8 cm³/mol. The summed E-state index contributed by atoms with van der Waals surface area (Å²) in [5.41, 5.74) is 1.91. The maximum Gasteiger partial charge on any atom is 0.330 e. The molecule has 14 heavy (non-hydrogen) atoms. The Kier molecular flexibility index (Phi) is 3.89. The second kappa shape index (κ2) is 4.96. The van der Waals surface area contributed by atoms with E-state index in [1.54, 1.807) is 0 Å². The van der Waals surface area contributed by atoms with E-state index in [1.165, 1.54) is 13.2 Å². The average Bonchev–Trinajstić information content (AvgIpc) is 2.18. The molecule has 74 valence electrons. The van der Waals surface area contributed by atoms with Gasteiger partial charge in [-0.05, 0) is 30.2 Å². The number of rotatable bonds is 2. The van der Waals surface area contributed by atoms with Gasteiger partial charge in [0.2, 0.25) is 0 Å². The van der Waals surface area contributed by atoms with Crippen molar-refractivity contribution in [1.82, 2.24) is 0 Å². The molecule has 0 N–H and O–H groups in total. The standard InChI is InChI=1S/C11H11BrO2/c1-8(7-11(13)14-2)9-3-5-10(12)6-4-9/h3-7H,1-2H3/b8-7+. The maximum atomic E-state index is 11.0. The molecule has 0 unspecified atom stereocenters. The van der Waals surface area contributed by atoms with Crippen LogP contribution in [0.5, 0.6) is 0 Å². The minimum atomic E-state index is -0.328. The molecule has 0 atom stereocenters. The molecule has 0 saturated heterocycles. The van der Waals surface area contributed by atoms with Gasteiger partial charge in [0.15, 0.2) is 0 Å². The summed E-state index contributed by atoms with van der Waals surface area (Å²) in [4.78, 5) is 11.0. The van der Waals surface area contributed by atoms with Crippen molar-refractivity contribution >= 4 is 27.5 Å². The van der Waals surface area contributed by atoms with E-state index in [-0.39, 0.29) is 5.97 Å². The maximum absolute atomic E-state index is 11.0. The number of hydrogen-bond donors (Lipinski definition) is 0. The van der Waals surface area contributed by atoms with Crippen LogP contribution in [0.4, 0.5) is 0 Å². The van der Waals surface area contributed by atoms with Gasteiger partial charge in [0, 0.05) is 10.5 Å². The Bertz CT molecular complexity index is 352. The fourth-order valence-corrected chi connectivity index (χ4v) is 1.30. The van der Waals surface area contributed by atoms with Crippen molar-refractivity contribution in [1.29, 1.82) is 0 Å². The molecule has 0 bridgehead atoms. The van der Waals surface area contributed by atoms with Gasteiger partial charge in [0.1, 0.15) is 0 Å². The molecule has 0 aromatic heterocycles. The number of esters is 1. The molecular weight excluding hydrogens is 244 g/mol. The quantitative estimate of drug-likeness (QED) is 0.599. The summed E-state index contributed by atoms with van der Waals surface area (Å²) < 4.78 is 5.56. The molecule has 0 aliphatic rings. The summed E-state index contributed by atoms with van der Waals surface area (Å²) in [7, 11) is 1.37. The third-order valence-electron chi connectivity index (χ3n) is 1.84. The highest BCUT2D eigenvalue weighted by Gasteiger charge is 1.99. The number of carbonyl (C=O) groups is 1. The fraction of sp³-hybridized carbons (Fsp3) is 0.182. The van der Waals surface area contributed by atoms with E-state index in [1.807, 2.05) is 31.2 Å².